The molecule has 1 aliphatic heterocycles. The molecule has 0 spiro atoms. The Labute approximate surface area is 59.1 Å². The van der Waals surface area contributed by atoms with Crippen LogP contribution in [0.2, 0.25) is 0 Å². The van der Waals surface area contributed by atoms with Gasteiger partial charge in [0.2, 0.25) is 0 Å². The van der Waals surface area contributed by atoms with Crippen LogP contribution in [0, 0.1) is 0 Å². The van der Waals surface area contributed by atoms with Gasteiger partial charge in [0.05, 0.1) is 0 Å². The smallest absolute Gasteiger partial charge is 0.354 e. The third kappa shape index (κ3) is 1.43. The van der Waals surface area contributed by atoms with Gasteiger partial charge in [-0.2, -0.15) is 0 Å². The molecule has 0 amide bonds. The third-order valence-electron chi connectivity index (χ3n) is 1.39. The van der Waals surface area contributed by atoms with E-state index in [-0.39, 0.29) is 5.71 Å². The highest BCUT2D eigenvalue weighted by atomic mass is 16.4. The van der Waals surface area contributed by atoms with Gasteiger partial charge in [0.15, 0.2) is 0 Å². The van der Waals surface area contributed by atoms with Crippen molar-refractivity contribution < 1.29 is 9.90 Å². The van der Waals surface area contributed by atoms with Gasteiger partial charge < -0.3 is 5.11 Å². The Morgan fingerprint density at radius 1 is 1.80 bits per heavy atom. The molecule has 0 atom stereocenters. The quantitative estimate of drug-likeness (QED) is 0.585. The Morgan fingerprint density at radius 2 is 2.50 bits per heavy atom. The molecule has 0 aromatic rings. The van der Waals surface area contributed by atoms with Crippen molar-refractivity contribution in [1.82, 2.24) is 0 Å². The van der Waals surface area contributed by atoms with E-state index in [0.29, 0.717) is 6.54 Å². The first-order valence-electron chi connectivity index (χ1n) is 3.15. The van der Waals surface area contributed by atoms with Crippen molar-refractivity contribution in [3.05, 3.63) is 11.6 Å². The van der Waals surface area contributed by atoms with Crippen molar-refractivity contribution in [3.8, 4) is 0 Å². The number of nitrogens with zero attached hydrogens (tertiary/aromatic N) is 1. The van der Waals surface area contributed by atoms with Crippen LogP contribution in [0.4, 0.5) is 0 Å². The van der Waals surface area contributed by atoms with E-state index in [4.69, 9.17) is 5.11 Å². The van der Waals surface area contributed by atoms with Gasteiger partial charge in [0.1, 0.15) is 5.71 Å². The predicted octanol–water partition coefficient (Wildman–Crippen LogP) is 0.862. The first-order valence-corrected chi connectivity index (χ1v) is 3.15. The second-order valence-electron chi connectivity index (χ2n) is 2.31. The highest BCUT2D eigenvalue weighted by Gasteiger charge is 2.09. The maximum Gasteiger partial charge on any atom is 0.354 e. The Kier molecular flexibility index (Phi) is 1.85. The fourth-order valence-corrected chi connectivity index (χ4v) is 0.833. The minimum absolute atomic E-state index is 0.184. The fourth-order valence-electron chi connectivity index (χ4n) is 0.833. The average molecular weight is 139 g/mol. The summed E-state index contributed by atoms with van der Waals surface area (Å²) >= 11 is 0. The van der Waals surface area contributed by atoms with Gasteiger partial charge in [-0.05, 0) is 19.4 Å². The number of hydrogen-bond acceptors (Lipinski definition) is 2. The predicted molar refractivity (Wildman–Crippen MR) is 38.3 cm³/mol. The van der Waals surface area contributed by atoms with Gasteiger partial charge in [0, 0.05) is 6.54 Å². The molecule has 0 aromatic carbocycles. The lowest BCUT2D eigenvalue weighted by Gasteiger charge is -2.04. The monoisotopic (exact) mass is 139 g/mol. The molecule has 0 unspecified atom stereocenters. The molecule has 1 rings (SSSR count). The number of rotatable bonds is 1. The number of aliphatic carboxylic acids is 1. The minimum atomic E-state index is -0.931. The first kappa shape index (κ1) is 6.99. The minimum Gasteiger partial charge on any atom is -0.477 e. The molecule has 0 radical (unpaired) electrons. The van der Waals surface area contributed by atoms with E-state index in [1.807, 2.05) is 6.92 Å². The van der Waals surface area contributed by atoms with Crippen LogP contribution in [-0.4, -0.2) is 23.3 Å². The Hall–Kier alpha value is -1.12. The lowest BCUT2D eigenvalue weighted by atomic mass is 10.1. The zero-order chi connectivity index (χ0) is 7.56. The molecule has 3 heteroatoms. The SMILES string of the molecule is CC1=CC(C(=O)O)=NCC1. The van der Waals surface area contributed by atoms with Crippen LogP contribution in [0.3, 0.4) is 0 Å². The second kappa shape index (κ2) is 2.64. The molecule has 0 aliphatic carbocycles. The zero-order valence-corrected chi connectivity index (χ0v) is 5.79. The number of carbonyl (C=O) groups is 1. The van der Waals surface area contributed by atoms with Gasteiger partial charge in [-0.1, -0.05) is 5.57 Å². The lowest BCUT2D eigenvalue weighted by molar-refractivity contribution is -0.129. The average Bonchev–Trinajstić information content (AvgIpc) is 1.88. The Balaban J connectivity index is 2.79. The maximum absolute atomic E-state index is 10.3. The van der Waals surface area contributed by atoms with Gasteiger partial charge in [0.25, 0.3) is 0 Å². The summed E-state index contributed by atoms with van der Waals surface area (Å²) in [6.45, 7) is 2.53. The number of dihydropyridines is 1. The van der Waals surface area contributed by atoms with Crippen LogP contribution in [-0.2, 0) is 4.79 Å². The van der Waals surface area contributed by atoms with Crippen LogP contribution in [0.25, 0.3) is 0 Å². The van der Waals surface area contributed by atoms with Crippen molar-refractivity contribution >= 4 is 11.7 Å². The summed E-state index contributed by atoms with van der Waals surface area (Å²) in [4.78, 5) is 14.1. The van der Waals surface area contributed by atoms with Crippen LogP contribution < -0.4 is 0 Å². The Bertz CT molecular complexity index is 216. The fraction of sp³-hybridized carbons (Fsp3) is 0.429. The molecule has 1 heterocycles. The van der Waals surface area contributed by atoms with E-state index < -0.39 is 5.97 Å². The lowest BCUT2D eigenvalue weighted by Crippen LogP contribution is -2.14. The molecule has 54 valence electrons. The standard InChI is InChI=1S/C7H9NO2/c1-5-2-3-8-6(4-5)7(9)10/h4H,2-3H2,1H3,(H,9,10). The number of hydrogen-bond donors (Lipinski definition) is 1. The summed E-state index contributed by atoms with van der Waals surface area (Å²) in [7, 11) is 0. The van der Waals surface area contributed by atoms with Gasteiger partial charge in [-0.3, -0.25) is 4.99 Å². The summed E-state index contributed by atoms with van der Waals surface area (Å²) in [5, 5.41) is 8.48. The highest BCUT2D eigenvalue weighted by molar-refractivity contribution is 6.40. The number of aliphatic imine (C=N–C) groups is 1. The summed E-state index contributed by atoms with van der Waals surface area (Å²) in [5.41, 5.74) is 1.27. The third-order valence-corrected chi connectivity index (χ3v) is 1.39. The maximum atomic E-state index is 10.3. The summed E-state index contributed by atoms with van der Waals surface area (Å²) in [5.74, 6) is -0.931. The van der Waals surface area contributed by atoms with Gasteiger partial charge >= 0.3 is 5.97 Å². The van der Waals surface area contributed by atoms with Crippen LogP contribution >= 0.6 is 0 Å². The van der Waals surface area contributed by atoms with Crippen molar-refractivity contribution in [2.24, 2.45) is 4.99 Å². The van der Waals surface area contributed by atoms with E-state index in [2.05, 4.69) is 4.99 Å². The van der Waals surface area contributed by atoms with Crippen molar-refractivity contribution in [2.45, 2.75) is 13.3 Å². The van der Waals surface area contributed by atoms with E-state index >= 15 is 0 Å². The van der Waals surface area contributed by atoms with Crippen LogP contribution in [0.15, 0.2) is 16.6 Å². The van der Waals surface area contributed by atoms with Gasteiger partial charge in [-0.15, -0.1) is 0 Å². The molecule has 1 N–H and O–H groups in total. The van der Waals surface area contributed by atoms with Gasteiger partial charge in [-0.25, -0.2) is 4.79 Å². The van der Waals surface area contributed by atoms with Crippen molar-refractivity contribution in [1.29, 1.82) is 0 Å². The molecular formula is C7H9NO2. The van der Waals surface area contributed by atoms with E-state index in [0.717, 1.165) is 12.0 Å². The molecule has 1 aliphatic rings. The molecular weight excluding hydrogens is 130 g/mol. The summed E-state index contributed by atoms with van der Waals surface area (Å²) < 4.78 is 0. The van der Waals surface area contributed by atoms with Crippen LogP contribution in [0.5, 0.6) is 0 Å². The second-order valence-corrected chi connectivity index (χ2v) is 2.31. The first-order chi connectivity index (χ1) is 4.70. The molecule has 10 heavy (non-hydrogen) atoms. The molecule has 0 saturated carbocycles. The van der Waals surface area contributed by atoms with E-state index in [1.165, 1.54) is 0 Å². The molecule has 3 nitrogen and oxygen atoms in total. The number of carboxylic acid groups (broad SMARTS) is 1. The topological polar surface area (TPSA) is 49.7 Å². The van der Waals surface area contributed by atoms with E-state index in [1.54, 1.807) is 6.08 Å². The number of carboxylic acids is 1. The zero-order valence-electron chi connectivity index (χ0n) is 5.79. The van der Waals surface area contributed by atoms with E-state index in [9.17, 15) is 4.79 Å². The highest BCUT2D eigenvalue weighted by Crippen LogP contribution is 2.06. The normalized spacial score (nSPS) is 17.7. The van der Waals surface area contributed by atoms with Crippen LogP contribution in [0.1, 0.15) is 13.3 Å². The largest absolute Gasteiger partial charge is 0.477 e. The molecule has 0 saturated heterocycles. The molecule has 0 fully saturated rings. The molecule has 0 aromatic heterocycles. The molecule has 0 bridgehead atoms. The Morgan fingerprint density at radius 3 is 2.90 bits per heavy atom. The summed E-state index contributed by atoms with van der Waals surface area (Å²) in [6, 6.07) is 0. The van der Waals surface area contributed by atoms with Crippen molar-refractivity contribution in [2.75, 3.05) is 6.54 Å². The van der Waals surface area contributed by atoms with Crippen molar-refractivity contribution in [3.63, 3.8) is 0 Å². The summed E-state index contributed by atoms with van der Waals surface area (Å²) in [6.07, 6.45) is 2.50.